The lowest BCUT2D eigenvalue weighted by atomic mass is 9.76. The average molecular weight is 304 g/mol. The first-order valence-corrected chi connectivity index (χ1v) is 8.76. The molecule has 21 heavy (non-hydrogen) atoms. The molecule has 1 aliphatic carbocycles. The first-order chi connectivity index (χ1) is 9.96. The van der Waals surface area contributed by atoms with E-state index in [-0.39, 0.29) is 5.54 Å². The van der Waals surface area contributed by atoms with E-state index in [0.717, 1.165) is 31.1 Å². The van der Waals surface area contributed by atoms with Gasteiger partial charge < -0.3 is 5.73 Å². The molecule has 3 N–H and O–H groups in total. The molecule has 0 aliphatic heterocycles. The number of anilines is 1. The van der Waals surface area contributed by atoms with Crippen LogP contribution in [0.1, 0.15) is 32.6 Å². The third kappa shape index (κ3) is 2.51. The number of rotatable bonds is 4. The van der Waals surface area contributed by atoms with Crippen molar-refractivity contribution in [2.75, 3.05) is 5.73 Å². The van der Waals surface area contributed by atoms with Crippen LogP contribution in [0.5, 0.6) is 0 Å². The molecule has 1 fully saturated rings. The van der Waals surface area contributed by atoms with Gasteiger partial charge in [-0.25, -0.2) is 13.1 Å². The summed E-state index contributed by atoms with van der Waals surface area (Å²) in [6.07, 6.45) is 3.74. The first-order valence-electron chi connectivity index (χ1n) is 7.28. The van der Waals surface area contributed by atoms with Gasteiger partial charge in [-0.3, -0.25) is 0 Å². The fraction of sp³-hybridized carbons (Fsp3) is 0.375. The van der Waals surface area contributed by atoms with Crippen LogP contribution in [-0.2, 0) is 10.0 Å². The molecule has 112 valence electrons. The second-order valence-electron chi connectivity index (χ2n) is 5.83. The molecule has 0 bridgehead atoms. The normalized spacial score (nSPS) is 17.6. The number of nitrogen functional groups attached to an aromatic ring is 1. The molecule has 2 aromatic rings. The van der Waals surface area contributed by atoms with Crippen LogP contribution in [-0.4, -0.2) is 14.0 Å². The van der Waals surface area contributed by atoms with Gasteiger partial charge in [0.1, 0.15) is 0 Å². The minimum Gasteiger partial charge on any atom is -0.399 e. The molecule has 0 amide bonds. The maximum absolute atomic E-state index is 12.8. The third-order valence-corrected chi connectivity index (χ3v) is 6.13. The van der Waals surface area contributed by atoms with Crippen molar-refractivity contribution in [1.29, 1.82) is 0 Å². The van der Waals surface area contributed by atoms with Crippen LogP contribution in [0.25, 0.3) is 10.8 Å². The van der Waals surface area contributed by atoms with Crippen molar-refractivity contribution in [3.63, 3.8) is 0 Å². The summed E-state index contributed by atoms with van der Waals surface area (Å²) in [6.45, 7) is 2.03. The van der Waals surface area contributed by atoms with Gasteiger partial charge in [0.05, 0.1) is 4.90 Å². The third-order valence-electron chi connectivity index (χ3n) is 4.49. The van der Waals surface area contributed by atoms with Crippen LogP contribution in [0, 0.1) is 0 Å². The molecule has 0 spiro atoms. The molecule has 5 heteroatoms. The Morgan fingerprint density at radius 3 is 2.62 bits per heavy atom. The van der Waals surface area contributed by atoms with E-state index in [1.807, 2.05) is 13.0 Å². The Labute approximate surface area is 125 Å². The van der Waals surface area contributed by atoms with Gasteiger partial charge in [0, 0.05) is 16.6 Å². The highest BCUT2D eigenvalue weighted by molar-refractivity contribution is 7.89. The minimum atomic E-state index is -3.52. The van der Waals surface area contributed by atoms with Gasteiger partial charge in [0.25, 0.3) is 0 Å². The van der Waals surface area contributed by atoms with Gasteiger partial charge in [0.15, 0.2) is 0 Å². The molecule has 0 radical (unpaired) electrons. The van der Waals surface area contributed by atoms with Crippen LogP contribution >= 0.6 is 0 Å². The van der Waals surface area contributed by atoms with Crippen molar-refractivity contribution in [3.05, 3.63) is 36.4 Å². The van der Waals surface area contributed by atoms with Crippen molar-refractivity contribution >= 4 is 26.5 Å². The number of hydrogen-bond acceptors (Lipinski definition) is 3. The lowest BCUT2D eigenvalue weighted by Crippen LogP contribution is -2.52. The van der Waals surface area contributed by atoms with Crippen molar-refractivity contribution < 1.29 is 8.42 Å². The Balaban J connectivity index is 2.07. The van der Waals surface area contributed by atoms with E-state index in [9.17, 15) is 8.42 Å². The second kappa shape index (κ2) is 5.00. The predicted octanol–water partition coefficient (Wildman–Crippen LogP) is 3.03. The largest absolute Gasteiger partial charge is 0.399 e. The van der Waals surface area contributed by atoms with Crippen LogP contribution in [0.3, 0.4) is 0 Å². The SMILES string of the molecule is CCC1(NS(=O)(=O)c2cccc3cc(N)ccc23)CCC1. The summed E-state index contributed by atoms with van der Waals surface area (Å²) in [5, 5.41) is 1.56. The van der Waals surface area contributed by atoms with Gasteiger partial charge >= 0.3 is 0 Å². The Bertz CT molecular complexity index is 774. The molecular weight excluding hydrogens is 284 g/mol. The number of nitrogens with two attached hydrogens (primary N) is 1. The summed E-state index contributed by atoms with van der Waals surface area (Å²) >= 11 is 0. The zero-order valence-electron chi connectivity index (χ0n) is 12.1. The molecule has 0 saturated heterocycles. The number of benzene rings is 2. The monoisotopic (exact) mass is 304 g/mol. The molecule has 0 atom stereocenters. The summed E-state index contributed by atoms with van der Waals surface area (Å²) in [5.41, 5.74) is 6.15. The first kappa shape index (κ1) is 14.4. The highest BCUT2D eigenvalue weighted by atomic mass is 32.2. The smallest absolute Gasteiger partial charge is 0.241 e. The van der Waals surface area contributed by atoms with Gasteiger partial charge in [0.2, 0.25) is 10.0 Å². The quantitative estimate of drug-likeness (QED) is 0.853. The molecule has 2 aromatic carbocycles. The zero-order valence-corrected chi connectivity index (χ0v) is 12.9. The molecule has 4 nitrogen and oxygen atoms in total. The standard InChI is InChI=1S/C16H20N2O2S/c1-2-16(9-4-10-16)18-21(19,20)15-6-3-5-12-11-13(17)7-8-14(12)15/h3,5-8,11,18H,2,4,9-10,17H2,1H3. The van der Waals surface area contributed by atoms with E-state index in [1.165, 1.54) is 0 Å². The summed E-state index contributed by atoms with van der Waals surface area (Å²) < 4.78 is 28.4. The zero-order chi connectivity index (χ0) is 15.1. The summed E-state index contributed by atoms with van der Waals surface area (Å²) in [6, 6.07) is 10.6. The van der Waals surface area contributed by atoms with E-state index in [4.69, 9.17) is 5.73 Å². The van der Waals surface area contributed by atoms with Crippen molar-refractivity contribution in [1.82, 2.24) is 4.72 Å². The Morgan fingerprint density at radius 2 is 2.00 bits per heavy atom. The Hall–Kier alpha value is -1.59. The molecule has 0 heterocycles. The second-order valence-corrected chi connectivity index (χ2v) is 7.48. The summed E-state index contributed by atoms with van der Waals surface area (Å²) in [7, 11) is -3.52. The highest BCUT2D eigenvalue weighted by Crippen LogP contribution is 2.36. The maximum atomic E-state index is 12.8. The van der Waals surface area contributed by atoms with E-state index >= 15 is 0 Å². The van der Waals surface area contributed by atoms with Crippen molar-refractivity contribution in [2.45, 2.75) is 43.0 Å². The van der Waals surface area contributed by atoms with Crippen LogP contribution in [0.4, 0.5) is 5.69 Å². The van der Waals surface area contributed by atoms with Crippen molar-refractivity contribution in [2.24, 2.45) is 0 Å². The van der Waals surface area contributed by atoms with Gasteiger partial charge in [-0.2, -0.15) is 0 Å². The minimum absolute atomic E-state index is 0.255. The number of fused-ring (bicyclic) bond motifs is 1. The van der Waals surface area contributed by atoms with Gasteiger partial charge in [-0.15, -0.1) is 0 Å². The maximum Gasteiger partial charge on any atom is 0.241 e. The molecule has 0 aromatic heterocycles. The van der Waals surface area contributed by atoms with E-state index in [0.29, 0.717) is 16.0 Å². The summed E-state index contributed by atoms with van der Waals surface area (Å²) in [5.74, 6) is 0. The fourth-order valence-electron chi connectivity index (χ4n) is 2.98. The Morgan fingerprint density at radius 1 is 1.24 bits per heavy atom. The average Bonchev–Trinajstić information content (AvgIpc) is 2.42. The lowest BCUT2D eigenvalue weighted by molar-refractivity contribution is 0.214. The topological polar surface area (TPSA) is 72.2 Å². The van der Waals surface area contributed by atoms with E-state index in [1.54, 1.807) is 30.3 Å². The van der Waals surface area contributed by atoms with Crippen LogP contribution in [0.2, 0.25) is 0 Å². The molecule has 0 unspecified atom stereocenters. The molecule has 1 aliphatic rings. The number of hydrogen-bond donors (Lipinski definition) is 2. The van der Waals surface area contributed by atoms with Crippen LogP contribution < -0.4 is 10.5 Å². The van der Waals surface area contributed by atoms with Crippen molar-refractivity contribution in [3.8, 4) is 0 Å². The number of sulfonamides is 1. The Kier molecular flexibility index (Phi) is 3.42. The van der Waals surface area contributed by atoms with E-state index in [2.05, 4.69) is 4.72 Å². The lowest BCUT2D eigenvalue weighted by Gasteiger charge is -2.41. The molecular formula is C16H20N2O2S. The summed E-state index contributed by atoms with van der Waals surface area (Å²) in [4.78, 5) is 0.333. The fourth-order valence-corrected chi connectivity index (χ4v) is 4.74. The van der Waals surface area contributed by atoms with E-state index < -0.39 is 10.0 Å². The van der Waals surface area contributed by atoms with Gasteiger partial charge in [-0.1, -0.05) is 25.1 Å². The number of nitrogens with one attached hydrogen (secondary N) is 1. The van der Waals surface area contributed by atoms with Gasteiger partial charge in [-0.05, 0) is 49.3 Å². The molecule has 3 rings (SSSR count). The highest BCUT2D eigenvalue weighted by Gasteiger charge is 2.39. The van der Waals surface area contributed by atoms with Crippen LogP contribution in [0.15, 0.2) is 41.3 Å². The molecule has 1 saturated carbocycles. The predicted molar refractivity (Wildman–Crippen MR) is 85.6 cm³/mol.